The molecule has 0 aliphatic carbocycles. The minimum Gasteiger partial charge on any atom is -0.337 e. The third-order valence-corrected chi connectivity index (χ3v) is 3.56. The van der Waals surface area contributed by atoms with E-state index in [2.05, 4.69) is 15.1 Å². The molecule has 3 rings (SSSR count). The second kappa shape index (κ2) is 7.16. The monoisotopic (exact) mass is 344 g/mol. The number of carbonyl (C=O) groups excluding carboxylic acids is 1. The Bertz CT molecular complexity index is 883. The average Bonchev–Trinajstić information content (AvgIpc) is 3.08. The van der Waals surface area contributed by atoms with Gasteiger partial charge >= 0.3 is 0 Å². The maximum Gasteiger partial charge on any atom is 0.246 e. The van der Waals surface area contributed by atoms with Crippen LogP contribution in [0, 0.1) is 11.6 Å². The van der Waals surface area contributed by atoms with E-state index in [9.17, 15) is 13.6 Å². The zero-order chi connectivity index (χ0) is 17.8. The summed E-state index contributed by atoms with van der Waals surface area (Å²) in [6.07, 6.45) is 2.96. The molecule has 0 radical (unpaired) electrons. The van der Waals surface area contributed by atoms with E-state index in [0.717, 1.165) is 6.07 Å². The molecule has 2 aromatic heterocycles. The van der Waals surface area contributed by atoms with Crippen molar-refractivity contribution < 1.29 is 18.1 Å². The topological polar surface area (TPSA) is 72.1 Å². The number of rotatable bonds is 5. The largest absolute Gasteiger partial charge is 0.337 e. The first kappa shape index (κ1) is 16.7. The number of hydrogen-bond acceptors (Lipinski definition) is 5. The van der Waals surface area contributed by atoms with Gasteiger partial charge in [0.1, 0.15) is 0 Å². The molecule has 0 spiro atoms. The van der Waals surface area contributed by atoms with Crippen LogP contribution in [0.15, 0.2) is 47.2 Å². The first-order valence-electron chi connectivity index (χ1n) is 7.44. The lowest BCUT2D eigenvalue weighted by Crippen LogP contribution is -2.28. The lowest BCUT2D eigenvalue weighted by molar-refractivity contribution is -0.130. The van der Waals surface area contributed by atoms with Crippen LogP contribution in [0.4, 0.5) is 8.78 Å². The van der Waals surface area contributed by atoms with Gasteiger partial charge in [-0.15, -0.1) is 0 Å². The summed E-state index contributed by atoms with van der Waals surface area (Å²) >= 11 is 0. The van der Waals surface area contributed by atoms with Crippen LogP contribution in [0.5, 0.6) is 0 Å². The SMILES string of the molecule is CN(Cc1nc(-c2cccnc2)no1)C(=O)Cc1cccc(F)c1F. The molecule has 0 bridgehead atoms. The van der Waals surface area contributed by atoms with E-state index in [0.29, 0.717) is 11.4 Å². The maximum atomic E-state index is 13.7. The predicted molar refractivity (Wildman–Crippen MR) is 84.1 cm³/mol. The molecule has 0 saturated heterocycles. The molecule has 0 N–H and O–H groups in total. The van der Waals surface area contributed by atoms with Gasteiger partial charge in [0.2, 0.25) is 17.6 Å². The lowest BCUT2D eigenvalue weighted by Gasteiger charge is -2.15. The van der Waals surface area contributed by atoms with Gasteiger partial charge in [-0.3, -0.25) is 9.78 Å². The van der Waals surface area contributed by atoms with Crippen molar-refractivity contribution in [3.05, 3.63) is 65.8 Å². The van der Waals surface area contributed by atoms with E-state index in [4.69, 9.17) is 4.52 Å². The molecule has 25 heavy (non-hydrogen) atoms. The predicted octanol–water partition coefficient (Wildman–Crippen LogP) is 2.61. The van der Waals surface area contributed by atoms with Crippen LogP contribution >= 0.6 is 0 Å². The zero-order valence-electron chi connectivity index (χ0n) is 13.3. The molecule has 0 fully saturated rings. The van der Waals surface area contributed by atoms with E-state index >= 15 is 0 Å². The third-order valence-electron chi connectivity index (χ3n) is 3.56. The first-order valence-corrected chi connectivity index (χ1v) is 7.44. The van der Waals surface area contributed by atoms with Crippen molar-refractivity contribution in [2.45, 2.75) is 13.0 Å². The van der Waals surface area contributed by atoms with Gasteiger partial charge < -0.3 is 9.42 Å². The smallest absolute Gasteiger partial charge is 0.246 e. The molecule has 0 aliphatic heterocycles. The summed E-state index contributed by atoms with van der Waals surface area (Å²) in [5, 5.41) is 3.83. The number of carbonyl (C=O) groups is 1. The highest BCUT2D eigenvalue weighted by molar-refractivity contribution is 5.78. The fraction of sp³-hybridized carbons (Fsp3) is 0.176. The number of benzene rings is 1. The van der Waals surface area contributed by atoms with Gasteiger partial charge in [0.15, 0.2) is 11.6 Å². The van der Waals surface area contributed by atoms with Gasteiger partial charge in [-0.25, -0.2) is 8.78 Å². The number of halogens is 2. The van der Waals surface area contributed by atoms with E-state index in [1.807, 2.05) is 0 Å². The molecule has 0 aliphatic rings. The van der Waals surface area contributed by atoms with Crippen LogP contribution in [-0.4, -0.2) is 33.0 Å². The Hall–Kier alpha value is -3.16. The van der Waals surface area contributed by atoms with Crippen LogP contribution in [-0.2, 0) is 17.8 Å². The Morgan fingerprint density at radius 3 is 2.84 bits per heavy atom. The molecular weight excluding hydrogens is 330 g/mol. The fourth-order valence-corrected chi connectivity index (χ4v) is 2.21. The molecular formula is C17H14F2N4O2. The van der Waals surface area contributed by atoms with Crippen molar-refractivity contribution in [3.63, 3.8) is 0 Å². The molecule has 0 atom stereocenters. The van der Waals surface area contributed by atoms with Crippen molar-refractivity contribution in [2.24, 2.45) is 0 Å². The number of pyridine rings is 1. The Morgan fingerprint density at radius 2 is 2.08 bits per heavy atom. The number of hydrogen-bond donors (Lipinski definition) is 0. The van der Waals surface area contributed by atoms with Gasteiger partial charge in [0, 0.05) is 30.6 Å². The van der Waals surface area contributed by atoms with Crippen LogP contribution in [0.2, 0.25) is 0 Å². The number of nitrogens with zero attached hydrogens (tertiary/aromatic N) is 4. The molecule has 0 saturated carbocycles. The van der Waals surface area contributed by atoms with Crippen LogP contribution in [0.25, 0.3) is 11.4 Å². The highest BCUT2D eigenvalue weighted by Crippen LogP contribution is 2.16. The summed E-state index contributed by atoms with van der Waals surface area (Å²) in [6, 6.07) is 7.26. The molecule has 8 heteroatoms. The van der Waals surface area contributed by atoms with Crippen LogP contribution in [0.1, 0.15) is 11.5 Å². The van der Waals surface area contributed by atoms with E-state index in [1.54, 1.807) is 24.5 Å². The maximum absolute atomic E-state index is 13.7. The van der Waals surface area contributed by atoms with E-state index < -0.39 is 17.5 Å². The van der Waals surface area contributed by atoms with Gasteiger partial charge in [-0.1, -0.05) is 17.3 Å². The second-order valence-electron chi connectivity index (χ2n) is 5.39. The number of amides is 1. The third kappa shape index (κ3) is 3.85. The number of likely N-dealkylation sites (N-methyl/N-ethyl adjacent to an activating group) is 1. The average molecular weight is 344 g/mol. The summed E-state index contributed by atoms with van der Waals surface area (Å²) in [4.78, 5) is 21.7. The summed E-state index contributed by atoms with van der Waals surface area (Å²) in [5.74, 6) is -1.80. The highest BCUT2D eigenvalue weighted by atomic mass is 19.2. The lowest BCUT2D eigenvalue weighted by atomic mass is 10.1. The van der Waals surface area contributed by atoms with Gasteiger partial charge in [-0.2, -0.15) is 4.98 Å². The highest BCUT2D eigenvalue weighted by Gasteiger charge is 2.17. The normalized spacial score (nSPS) is 10.7. The molecule has 128 valence electrons. The van der Waals surface area contributed by atoms with E-state index in [1.165, 1.54) is 24.1 Å². The molecule has 1 amide bonds. The van der Waals surface area contributed by atoms with Gasteiger partial charge in [0.05, 0.1) is 13.0 Å². The molecule has 0 unspecified atom stereocenters. The summed E-state index contributed by atoms with van der Waals surface area (Å²) < 4.78 is 32.0. The standard InChI is InChI=1S/C17H14F2N4O2/c1-23(15(24)8-11-4-2-6-13(18)16(11)19)10-14-21-17(22-25-14)12-5-3-7-20-9-12/h2-7,9H,8,10H2,1H3. The Labute approximate surface area is 142 Å². The Balaban J connectivity index is 1.66. The summed E-state index contributed by atoms with van der Waals surface area (Å²) in [7, 11) is 1.52. The fourth-order valence-electron chi connectivity index (χ4n) is 2.21. The molecule has 2 heterocycles. The summed E-state index contributed by atoms with van der Waals surface area (Å²) in [5.41, 5.74) is 0.687. The minimum absolute atomic E-state index is 0.00146. The van der Waals surface area contributed by atoms with Crippen molar-refractivity contribution in [2.75, 3.05) is 7.05 Å². The van der Waals surface area contributed by atoms with E-state index in [-0.39, 0.29) is 24.4 Å². The van der Waals surface area contributed by atoms with Crippen molar-refractivity contribution in [3.8, 4) is 11.4 Å². The Morgan fingerprint density at radius 1 is 1.24 bits per heavy atom. The number of aromatic nitrogens is 3. The van der Waals surface area contributed by atoms with Crippen LogP contribution < -0.4 is 0 Å². The molecule has 3 aromatic rings. The van der Waals surface area contributed by atoms with Crippen molar-refractivity contribution in [1.82, 2.24) is 20.0 Å². The van der Waals surface area contributed by atoms with Gasteiger partial charge in [0.25, 0.3) is 0 Å². The van der Waals surface area contributed by atoms with Gasteiger partial charge in [-0.05, 0) is 18.2 Å². The van der Waals surface area contributed by atoms with Crippen molar-refractivity contribution >= 4 is 5.91 Å². The van der Waals surface area contributed by atoms with Crippen LogP contribution in [0.3, 0.4) is 0 Å². The van der Waals surface area contributed by atoms with Crippen molar-refractivity contribution in [1.29, 1.82) is 0 Å². The Kier molecular flexibility index (Phi) is 4.78. The first-order chi connectivity index (χ1) is 12.0. The zero-order valence-corrected chi connectivity index (χ0v) is 13.3. The second-order valence-corrected chi connectivity index (χ2v) is 5.39. The molecule has 6 nitrogen and oxygen atoms in total. The summed E-state index contributed by atoms with van der Waals surface area (Å²) in [6.45, 7) is 0.0586. The molecule has 1 aromatic carbocycles. The quantitative estimate of drug-likeness (QED) is 0.711. The minimum atomic E-state index is -1.01.